The summed E-state index contributed by atoms with van der Waals surface area (Å²) in [5, 5.41) is 22.0. The van der Waals surface area contributed by atoms with Gasteiger partial charge in [-0.3, -0.25) is 9.71 Å². The average Bonchev–Trinajstić information content (AvgIpc) is 3.77. The van der Waals surface area contributed by atoms with Gasteiger partial charge in [-0.15, -0.1) is 0 Å². The number of nitrogens with one attached hydrogen (secondary N) is 2. The molecule has 5 rings (SSSR count). The number of ether oxygens (including phenoxy) is 4. The first-order valence-electron chi connectivity index (χ1n) is 19.4. The lowest BCUT2D eigenvalue weighted by molar-refractivity contribution is -0.894. The predicted octanol–water partition coefficient (Wildman–Crippen LogP) is 5.51. The van der Waals surface area contributed by atoms with Crippen molar-refractivity contribution in [1.29, 1.82) is 5.26 Å². The Kier molecular flexibility index (Phi) is 19.0. The van der Waals surface area contributed by atoms with Gasteiger partial charge in [-0.25, -0.2) is 13.4 Å². The van der Waals surface area contributed by atoms with Crippen LogP contribution in [-0.4, -0.2) is 100 Å². The highest BCUT2D eigenvalue weighted by Gasteiger charge is 2.30. The van der Waals surface area contributed by atoms with E-state index in [2.05, 4.69) is 39.8 Å². The summed E-state index contributed by atoms with van der Waals surface area (Å²) in [5.41, 5.74) is 0.726. The number of halogens is 3. The number of hydrogen-bond donors (Lipinski definition) is 2. The Bertz CT molecular complexity index is 2340. The maximum absolute atomic E-state index is 13.6. The van der Waals surface area contributed by atoms with Crippen LogP contribution in [0.1, 0.15) is 37.6 Å². The van der Waals surface area contributed by atoms with Gasteiger partial charge in [0.2, 0.25) is 5.13 Å². The molecule has 15 nitrogen and oxygen atoms in total. The first kappa shape index (κ1) is 49.0. The molecule has 5 aromatic rings. The number of carbonyl (C=O) groups excluding carboxylic acids is 1. The zero-order chi connectivity index (χ0) is 45.1. The molecule has 1 amide bonds. The topological polar surface area (TPSA) is 193 Å². The molecule has 2 heterocycles. The first-order valence-corrected chi connectivity index (χ1v) is 21.7. The summed E-state index contributed by atoms with van der Waals surface area (Å²) < 4.78 is 94.7. The van der Waals surface area contributed by atoms with Crippen molar-refractivity contribution in [3.8, 4) is 39.8 Å². The van der Waals surface area contributed by atoms with Gasteiger partial charge in [-0.05, 0) is 92.1 Å². The van der Waals surface area contributed by atoms with Crippen LogP contribution in [-0.2, 0) is 37.0 Å². The van der Waals surface area contributed by atoms with Gasteiger partial charge >= 0.3 is 6.18 Å². The fraction of sp³-hybridized carbons (Fsp3) is 0.357. The van der Waals surface area contributed by atoms with E-state index in [9.17, 15) is 36.8 Å². The minimum Gasteiger partial charge on any atom is -0.530 e. The molecule has 0 aliphatic rings. The number of benzene rings is 3. The molecule has 0 aliphatic carbocycles. The Morgan fingerprint density at radius 1 is 0.887 bits per heavy atom. The number of nitriles is 1. The number of rotatable bonds is 21. The van der Waals surface area contributed by atoms with E-state index in [1.165, 1.54) is 68.6 Å². The summed E-state index contributed by atoms with van der Waals surface area (Å²) in [6.45, 7) is 11.7. The number of alkyl halides is 3. The van der Waals surface area contributed by atoms with Gasteiger partial charge in [0, 0.05) is 36.9 Å². The molecule has 0 saturated carbocycles. The van der Waals surface area contributed by atoms with E-state index in [0.29, 0.717) is 42.2 Å². The van der Waals surface area contributed by atoms with Crippen molar-refractivity contribution < 1.29 is 55.3 Å². The molecule has 0 aliphatic heterocycles. The number of carbonyl (C=O) groups is 1. The Balaban J connectivity index is 0.00000111. The van der Waals surface area contributed by atoms with Gasteiger partial charge in [-0.2, -0.15) is 22.8 Å². The fourth-order valence-corrected chi connectivity index (χ4v) is 7.50. The van der Waals surface area contributed by atoms with E-state index in [1.807, 2.05) is 6.07 Å². The van der Waals surface area contributed by atoms with Gasteiger partial charge in [0.05, 0.1) is 80.9 Å². The Morgan fingerprint density at radius 2 is 1.58 bits per heavy atom. The molecule has 0 unspecified atom stereocenters. The standard InChI is InChI=1S/C36H33F3N6O8S2.C6H15N/c1-50-13-14-52-16-15-51-12-11-45(35(46)47)22-29-18-26(9-10-41-29)31-20-25(24-3-2-4-28(17-24)36(37,38)39)5-7-33(31)53-32-8-6-30(19-27(32)21-40)55(48,49)44-34-42-23-43-54-34;1-4-7(5-2)6-3/h2-10,17-20,23H,11-16,22H2,1H3,(H,46,47)(H,42,43,44);4-6H2,1-3H3. The maximum atomic E-state index is 13.6. The van der Waals surface area contributed by atoms with Crippen LogP contribution in [0.25, 0.3) is 22.3 Å². The Hall–Kier alpha value is -5.69. The number of amides is 1. The third-order valence-corrected chi connectivity index (χ3v) is 11.3. The second-order valence-electron chi connectivity index (χ2n) is 13.3. The molecule has 2 aromatic heterocycles. The van der Waals surface area contributed by atoms with E-state index in [-0.39, 0.29) is 59.0 Å². The van der Waals surface area contributed by atoms with Crippen molar-refractivity contribution in [3.05, 3.63) is 102 Å². The molecular weight excluding hydrogens is 852 g/mol. The molecule has 20 heteroatoms. The van der Waals surface area contributed by atoms with Crippen LogP contribution >= 0.6 is 11.5 Å². The van der Waals surface area contributed by atoms with Crippen LogP contribution in [0.2, 0.25) is 0 Å². The van der Waals surface area contributed by atoms with E-state index in [1.54, 1.807) is 30.2 Å². The van der Waals surface area contributed by atoms with Gasteiger partial charge in [0.1, 0.15) is 30.0 Å². The summed E-state index contributed by atoms with van der Waals surface area (Å²) in [4.78, 5) is 22.6. The molecule has 332 valence electrons. The summed E-state index contributed by atoms with van der Waals surface area (Å²) in [6.07, 6.45) is -3.44. The number of sulfonamides is 1. The molecule has 0 bridgehead atoms. The molecule has 0 radical (unpaired) electrons. The molecule has 62 heavy (non-hydrogen) atoms. The molecule has 0 spiro atoms. The molecule has 0 saturated heterocycles. The molecule has 2 N–H and O–H groups in total. The normalized spacial score (nSPS) is 11.4. The van der Waals surface area contributed by atoms with Crippen molar-refractivity contribution in [2.75, 3.05) is 71.0 Å². The van der Waals surface area contributed by atoms with Crippen molar-refractivity contribution in [3.63, 3.8) is 0 Å². The SMILES string of the molecule is CC[NH+](CC)CC.COCCOCCOCCN(Cc1cc(-c2cc(-c3cccc(C(F)(F)F)c3)ccc2Oc2ccc(S(=O)(=O)Nc3ncns3)cc2C#N)ccn1)C(=O)[O-]. The zero-order valence-electron chi connectivity index (χ0n) is 34.6. The number of methoxy groups -OCH3 is 1. The highest BCUT2D eigenvalue weighted by molar-refractivity contribution is 7.93. The van der Waals surface area contributed by atoms with Crippen molar-refractivity contribution in [2.45, 2.75) is 38.4 Å². The number of nitrogens with zero attached hydrogens (tertiary/aromatic N) is 5. The molecule has 3 aromatic carbocycles. The van der Waals surface area contributed by atoms with Gasteiger partial charge in [-0.1, -0.05) is 18.2 Å². The van der Waals surface area contributed by atoms with Crippen LogP contribution in [0.5, 0.6) is 11.5 Å². The quantitative estimate of drug-likeness (QED) is 0.0880. The van der Waals surface area contributed by atoms with Crippen LogP contribution in [0.15, 0.2) is 90.2 Å². The lowest BCUT2D eigenvalue weighted by atomic mass is 9.97. The first-order chi connectivity index (χ1) is 29.7. The number of pyridine rings is 1. The van der Waals surface area contributed by atoms with Crippen molar-refractivity contribution in [1.82, 2.24) is 19.2 Å². The minimum atomic E-state index is -4.59. The Morgan fingerprint density at radius 3 is 2.21 bits per heavy atom. The summed E-state index contributed by atoms with van der Waals surface area (Å²) in [5.74, 6) is 0.122. The van der Waals surface area contributed by atoms with Crippen LogP contribution in [0.4, 0.5) is 23.1 Å². The van der Waals surface area contributed by atoms with E-state index in [4.69, 9.17) is 18.9 Å². The number of aromatic nitrogens is 3. The number of quaternary nitrogens is 1. The van der Waals surface area contributed by atoms with Gasteiger partial charge < -0.3 is 38.6 Å². The number of carboxylic acid groups (broad SMARTS) is 1. The van der Waals surface area contributed by atoms with Crippen LogP contribution in [0.3, 0.4) is 0 Å². The predicted molar refractivity (Wildman–Crippen MR) is 224 cm³/mol. The zero-order valence-corrected chi connectivity index (χ0v) is 36.2. The monoisotopic (exact) mass is 899 g/mol. The van der Waals surface area contributed by atoms with Crippen LogP contribution < -0.4 is 19.5 Å². The summed E-state index contributed by atoms with van der Waals surface area (Å²) >= 11 is 0.824. The molecular formula is C42H48F3N7O8S2. The highest BCUT2D eigenvalue weighted by atomic mass is 32.2. The van der Waals surface area contributed by atoms with E-state index in [0.717, 1.165) is 34.6 Å². The minimum absolute atomic E-state index is 0.0214. The Labute approximate surface area is 362 Å². The molecule has 0 fully saturated rings. The highest BCUT2D eigenvalue weighted by Crippen LogP contribution is 2.39. The second kappa shape index (κ2) is 24.1. The van der Waals surface area contributed by atoms with Crippen molar-refractivity contribution in [2.24, 2.45) is 0 Å². The third-order valence-electron chi connectivity index (χ3n) is 9.24. The fourth-order valence-electron chi connectivity index (χ4n) is 5.81. The van der Waals surface area contributed by atoms with E-state index < -0.39 is 27.9 Å². The van der Waals surface area contributed by atoms with Gasteiger partial charge in [0.25, 0.3) is 10.0 Å². The van der Waals surface area contributed by atoms with Crippen LogP contribution in [0, 0.1) is 11.3 Å². The number of anilines is 1. The number of hydrogen-bond acceptors (Lipinski definition) is 13. The van der Waals surface area contributed by atoms with Gasteiger partial charge in [0.15, 0.2) is 0 Å². The van der Waals surface area contributed by atoms with E-state index >= 15 is 0 Å². The smallest absolute Gasteiger partial charge is 0.416 e. The largest absolute Gasteiger partial charge is 0.530 e. The molecule has 0 atom stereocenters. The van der Waals surface area contributed by atoms with Crippen molar-refractivity contribution >= 4 is 32.8 Å². The maximum Gasteiger partial charge on any atom is 0.416 e. The third kappa shape index (κ3) is 14.7. The summed E-state index contributed by atoms with van der Waals surface area (Å²) in [6, 6.07) is 18.1. The lowest BCUT2D eigenvalue weighted by Crippen LogP contribution is -3.11. The second-order valence-corrected chi connectivity index (χ2v) is 15.7. The average molecular weight is 900 g/mol. The lowest BCUT2D eigenvalue weighted by Gasteiger charge is -2.25. The summed E-state index contributed by atoms with van der Waals surface area (Å²) in [7, 11) is -2.59.